The predicted octanol–water partition coefficient (Wildman–Crippen LogP) is 1.32. The van der Waals surface area contributed by atoms with Gasteiger partial charge in [-0.25, -0.2) is 9.59 Å². The van der Waals surface area contributed by atoms with Crippen LogP contribution in [0.25, 0.3) is 0 Å². The van der Waals surface area contributed by atoms with Gasteiger partial charge in [-0.15, -0.1) is 0 Å². The summed E-state index contributed by atoms with van der Waals surface area (Å²) >= 11 is 0. The van der Waals surface area contributed by atoms with Crippen LogP contribution in [0.1, 0.15) is 27.9 Å². The lowest BCUT2D eigenvalue weighted by Gasteiger charge is -2.30. The van der Waals surface area contributed by atoms with Gasteiger partial charge in [0, 0.05) is 26.7 Å². The number of H-pyrrole nitrogens is 1. The molecule has 4 rings (SSSR count). The van der Waals surface area contributed by atoms with Crippen molar-refractivity contribution >= 4 is 23.4 Å². The zero-order valence-electron chi connectivity index (χ0n) is 19.2. The molecule has 0 aliphatic carbocycles. The van der Waals surface area contributed by atoms with Gasteiger partial charge in [-0.2, -0.15) is 0 Å². The number of hydrogen-bond acceptors (Lipinski definition) is 7. The van der Waals surface area contributed by atoms with E-state index >= 15 is 0 Å². The summed E-state index contributed by atoms with van der Waals surface area (Å²) in [7, 11) is 1.52. The molecule has 0 saturated heterocycles. The number of carbonyl (C=O) groups is 2. The summed E-state index contributed by atoms with van der Waals surface area (Å²) in [6, 6.07) is 16.0. The van der Waals surface area contributed by atoms with Gasteiger partial charge < -0.3 is 20.1 Å². The Morgan fingerprint density at radius 2 is 1.86 bits per heavy atom. The van der Waals surface area contributed by atoms with Crippen molar-refractivity contribution in [2.24, 2.45) is 0 Å². The van der Waals surface area contributed by atoms with Crippen LogP contribution in [0.3, 0.4) is 0 Å². The van der Waals surface area contributed by atoms with E-state index in [1.165, 1.54) is 16.6 Å². The number of nitrogens with two attached hydrogens (primary N) is 1. The van der Waals surface area contributed by atoms with E-state index in [1.54, 1.807) is 24.3 Å². The Morgan fingerprint density at radius 1 is 1.14 bits per heavy atom. The molecule has 1 amide bonds. The number of aromatic amines is 1. The van der Waals surface area contributed by atoms with Gasteiger partial charge in [0.15, 0.2) is 11.8 Å². The van der Waals surface area contributed by atoms with Crippen molar-refractivity contribution in [1.29, 1.82) is 0 Å². The van der Waals surface area contributed by atoms with Crippen molar-refractivity contribution < 1.29 is 19.1 Å². The van der Waals surface area contributed by atoms with Crippen LogP contribution < -0.4 is 21.9 Å². The van der Waals surface area contributed by atoms with Crippen molar-refractivity contribution in [1.82, 2.24) is 9.55 Å². The summed E-state index contributed by atoms with van der Waals surface area (Å²) in [5, 5.41) is 0. The first-order valence-corrected chi connectivity index (χ1v) is 11.2. The van der Waals surface area contributed by atoms with Gasteiger partial charge in [0.2, 0.25) is 0 Å². The third kappa shape index (κ3) is 5.02. The number of methoxy groups -OCH3 is 1. The lowest BCUT2D eigenvalue weighted by molar-refractivity contribution is -0.127. The molecule has 1 aromatic heterocycles. The monoisotopic (exact) mass is 478 g/mol. The van der Waals surface area contributed by atoms with Gasteiger partial charge in [0.05, 0.1) is 12.1 Å². The second kappa shape index (κ2) is 10.4. The fourth-order valence-corrected chi connectivity index (χ4v) is 4.10. The van der Waals surface area contributed by atoms with Gasteiger partial charge in [0.1, 0.15) is 5.82 Å². The molecule has 182 valence electrons. The van der Waals surface area contributed by atoms with Gasteiger partial charge in [-0.05, 0) is 23.6 Å². The SMILES string of the molecule is COCCCN(C(=O)[C@H]1Cc2ccccc2C(=O)O1)c1c(N)n(Cc2ccccc2)c(=O)[nH]c1=O. The fourth-order valence-electron chi connectivity index (χ4n) is 4.10. The number of esters is 1. The van der Waals surface area contributed by atoms with E-state index in [2.05, 4.69) is 4.98 Å². The normalized spacial score (nSPS) is 14.8. The number of benzene rings is 2. The second-order valence-corrected chi connectivity index (χ2v) is 8.16. The van der Waals surface area contributed by atoms with E-state index in [0.29, 0.717) is 24.2 Å². The summed E-state index contributed by atoms with van der Waals surface area (Å²) in [6.45, 7) is 0.485. The van der Waals surface area contributed by atoms with Crippen molar-refractivity contribution in [2.45, 2.75) is 25.5 Å². The molecule has 10 heteroatoms. The Balaban J connectivity index is 1.73. The fraction of sp³-hybridized carbons (Fsp3) is 0.280. The van der Waals surface area contributed by atoms with Crippen LogP contribution in [-0.2, 0) is 27.2 Å². The third-order valence-corrected chi connectivity index (χ3v) is 5.83. The first-order valence-electron chi connectivity index (χ1n) is 11.2. The minimum absolute atomic E-state index is 0.0686. The van der Waals surface area contributed by atoms with E-state index in [-0.39, 0.29) is 31.0 Å². The number of nitrogens with zero attached hydrogens (tertiary/aromatic N) is 2. The maximum atomic E-state index is 13.6. The van der Waals surface area contributed by atoms with Crippen LogP contribution in [0.4, 0.5) is 11.5 Å². The number of nitrogens with one attached hydrogen (secondary N) is 1. The number of ether oxygens (including phenoxy) is 2. The first-order chi connectivity index (χ1) is 16.9. The number of cyclic esters (lactones) is 1. The van der Waals surface area contributed by atoms with Crippen molar-refractivity contribution in [3.05, 3.63) is 92.1 Å². The maximum Gasteiger partial charge on any atom is 0.339 e. The van der Waals surface area contributed by atoms with Crippen LogP contribution in [-0.4, -0.2) is 47.8 Å². The molecular weight excluding hydrogens is 452 g/mol. The lowest BCUT2D eigenvalue weighted by Crippen LogP contribution is -2.48. The molecule has 1 aliphatic heterocycles. The zero-order chi connectivity index (χ0) is 24.9. The molecule has 35 heavy (non-hydrogen) atoms. The summed E-state index contributed by atoms with van der Waals surface area (Å²) < 4.78 is 11.7. The van der Waals surface area contributed by atoms with Crippen LogP contribution in [0.5, 0.6) is 0 Å². The molecule has 1 aliphatic rings. The second-order valence-electron chi connectivity index (χ2n) is 8.16. The van der Waals surface area contributed by atoms with Crippen molar-refractivity contribution in [2.75, 3.05) is 30.9 Å². The molecule has 2 heterocycles. The molecule has 3 N–H and O–H groups in total. The van der Waals surface area contributed by atoms with Gasteiger partial charge >= 0.3 is 11.7 Å². The molecule has 3 aromatic rings. The standard InChI is InChI=1S/C25H26N4O6/c1-34-13-7-12-28(23(31)19-14-17-10-5-6-11-18(17)24(32)35-19)20-21(26)29(25(33)27-22(20)30)15-16-8-3-2-4-9-16/h2-6,8-11,19H,7,12-15,26H2,1H3,(H,27,30,33)/t19-/m1/s1. The van der Waals surface area contributed by atoms with E-state index in [9.17, 15) is 19.2 Å². The summed E-state index contributed by atoms with van der Waals surface area (Å²) in [5.41, 5.74) is 6.52. The predicted molar refractivity (Wildman–Crippen MR) is 129 cm³/mol. The Morgan fingerprint density at radius 3 is 2.60 bits per heavy atom. The highest BCUT2D eigenvalue weighted by molar-refractivity contribution is 6.02. The molecule has 0 unspecified atom stereocenters. The largest absolute Gasteiger partial charge is 0.448 e. The molecule has 0 radical (unpaired) electrons. The van der Waals surface area contributed by atoms with E-state index < -0.39 is 29.2 Å². The highest BCUT2D eigenvalue weighted by Gasteiger charge is 2.36. The minimum Gasteiger partial charge on any atom is -0.448 e. The van der Waals surface area contributed by atoms with Gasteiger partial charge in [0.25, 0.3) is 11.5 Å². The molecule has 0 fully saturated rings. The number of rotatable bonds is 8. The average Bonchev–Trinajstić information content (AvgIpc) is 2.86. The quantitative estimate of drug-likeness (QED) is 0.368. The Hall–Kier alpha value is -4.18. The van der Waals surface area contributed by atoms with Crippen LogP contribution in [0.2, 0.25) is 0 Å². The number of nitrogen functional groups attached to an aromatic ring is 1. The zero-order valence-corrected chi connectivity index (χ0v) is 19.2. The average molecular weight is 479 g/mol. The van der Waals surface area contributed by atoms with Crippen LogP contribution in [0.15, 0.2) is 64.2 Å². The lowest BCUT2D eigenvalue weighted by atomic mass is 9.98. The smallest absolute Gasteiger partial charge is 0.339 e. The van der Waals surface area contributed by atoms with Gasteiger partial charge in [-0.3, -0.25) is 19.1 Å². The Bertz CT molecular complexity index is 1350. The Labute approximate surface area is 200 Å². The number of amides is 1. The van der Waals surface area contributed by atoms with E-state index in [4.69, 9.17) is 15.2 Å². The number of anilines is 2. The summed E-state index contributed by atoms with van der Waals surface area (Å²) in [4.78, 5) is 55.1. The third-order valence-electron chi connectivity index (χ3n) is 5.83. The Kier molecular flexibility index (Phi) is 7.11. The molecular formula is C25H26N4O6. The number of hydrogen-bond donors (Lipinski definition) is 2. The van der Waals surface area contributed by atoms with Crippen LogP contribution >= 0.6 is 0 Å². The van der Waals surface area contributed by atoms with Crippen LogP contribution in [0, 0.1) is 0 Å². The molecule has 10 nitrogen and oxygen atoms in total. The number of fused-ring (bicyclic) bond motifs is 1. The number of carbonyl (C=O) groups excluding carboxylic acids is 2. The van der Waals surface area contributed by atoms with Crippen molar-refractivity contribution in [3.63, 3.8) is 0 Å². The summed E-state index contributed by atoms with van der Waals surface area (Å²) in [5.74, 6) is -1.38. The molecule has 0 spiro atoms. The molecule has 0 bridgehead atoms. The van der Waals surface area contributed by atoms with E-state index in [1.807, 2.05) is 30.3 Å². The highest BCUT2D eigenvalue weighted by atomic mass is 16.5. The first kappa shape index (κ1) is 24.0. The molecule has 1 atom stereocenters. The highest BCUT2D eigenvalue weighted by Crippen LogP contribution is 2.25. The maximum absolute atomic E-state index is 13.6. The van der Waals surface area contributed by atoms with Gasteiger partial charge in [-0.1, -0.05) is 48.5 Å². The molecule has 0 saturated carbocycles. The van der Waals surface area contributed by atoms with E-state index in [0.717, 1.165) is 5.56 Å². The summed E-state index contributed by atoms with van der Waals surface area (Å²) in [6.07, 6.45) is -0.604. The topological polar surface area (TPSA) is 137 Å². The minimum atomic E-state index is -1.15. The number of aromatic nitrogens is 2. The molecule has 2 aromatic carbocycles. The van der Waals surface area contributed by atoms with Crippen molar-refractivity contribution in [3.8, 4) is 0 Å².